The van der Waals surface area contributed by atoms with Gasteiger partial charge in [0.05, 0.1) is 4.90 Å². The minimum absolute atomic E-state index is 0.0506. The number of fused-ring (bicyclic) bond motifs is 2. The van der Waals surface area contributed by atoms with Gasteiger partial charge in [-0.25, -0.2) is 13.1 Å². The van der Waals surface area contributed by atoms with Gasteiger partial charge >= 0.3 is 0 Å². The molecule has 5 rings (SSSR count). The summed E-state index contributed by atoms with van der Waals surface area (Å²) < 4.78 is 28.1. The molecule has 0 atom stereocenters. The molecule has 2 aromatic rings. The van der Waals surface area contributed by atoms with Crippen LogP contribution in [0.2, 0.25) is 0 Å². The van der Waals surface area contributed by atoms with Gasteiger partial charge in [0.2, 0.25) is 21.8 Å². The number of nitrogens with one attached hydrogen (secondary N) is 1. The van der Waals surface area contributed by atoms with Gasteiger partial charge in [0.15, 0.2) is 0 Å². The van der Waals surface area contributed by atoms with Gasteiger partial charge < -0.3 is 9.80 Å². The van der Waals surface area contributed by atoms with Crippen LogP contribution in [0.5, 0.6) is 0 Å². The highest BCUT2D eigenvalue weighted by molar-refractivity contribution is 7.89. The number of benzene rings is 2. The molecule has 2 heterocycles. The number of carbonyl (C=O) groups is 2. The Morgan fingerprint density at radius 1 is 0.969 bits per heavy atom. The van der Waals surface area contributed by atoms with Crippen molar-refractivity contribution in [2.75, 3.05) is 24.5 Å². The van der Waals surface area contributed by atoms with Crippen molar-refractivity contribution in [1.29, 1.82) is 0 Å². The van der Waals surface area contributed by atoms with Crippen LogP contribution in [0, 0.1) is 5.92 Å². The Morgan fingerprint density at radius 2 is 1.72 bits per heavy atom. The van der Waals surface area contributed by atoms with Crippen LogP contribution in [0.3, 0.4) is 0 Å². The summed E-state index contributed by atoms with van der Waals surface area (Å²) in [6, 6.07) is 13.0. The zero-order valence-electron chi connectivity index (χ0n) is 17.9. The summed E-state index contributed by atoms with van der Waals surface area (Å²) >= 11 is 0. The summed E-state index contributed by atoms with van der Waals surface area (Å²) in [6.45, 7) is 1.89. The van der Waals surface area contributed by atoms with Crippen LogP contribution >= 0.6 is 0 Å². The van der Waals surface area contributed by atoms with Crippen LogP contribution in [-0.2, 0) is 39.0 Å². The third-order valence-electron chi connectivity index (χ3n) is 6.56. The normalized spacial score (nSPS) is 17.8. The van der Waals surface area contributed by atoms with E-state index in [4.69, 9.17) is 0 Å². The van der Waals surface area contributed by atoms with E-state index in [0.717, 1.165) is 36.1 Å². The molecule has 2 amide bonds. The Hall–Kier alpha value is -2.71. The molecule has 32 heavy (non-hydrogen) atoms. The van der Waals surface area contributed by atoms with Crippen molar-refractivity contribution < 1.29 is 18.0 Å². The summed E-state index contributed by atoms with van der Waals surface area (Å²) in [5.74, 6) is 0.235. The molecule has 0 bridgehead atoms. The average molecular weight is 454 g/mol. The Bertz CT molecular complexity index is 1170. The van der Waals surface area contributed by atoms with E-state index < -0.39 is 10.0 Å². The van der Waals surface area contributed by atoms with E-state index in [1.807, 2.05) is 18.2 Å². The lowest BCUT2D eigenvalue weighted by Crippen LogP contribution is -2.38. The van der Waals surface area contributed by atoms with E-state index in [2.05, 4.69) is 10.8 Å². The molecule has 7 nitrogen and oxygen atoms in total. The molecule has 1 fully saturated rings. The number of sulfonamides is 1. The maximum Gasteiger partial charge on any atom is 0.240 e. The number of nitrogens with zero attached hydrogens (tertiary/aromatic N) is 2. The standard InChI is InChI=1S/C24H27N3O4S/c28-23(26-13-10-17-3-1-2-4-20(17)16-26)9-12-25-32(30,31)21-7-8-22-19(15-21)11-14-27(22)24(29)18-5-6-18/h1-4,7-8,15,18,25H,5-6,9-14,16H2. The molecule has 0 unspecified atom stereocenters. The predicted octanol–water partition coefficient (Wildman–Crippen LogP) is 2.24. The Morgan fingerprint density at radius 3 is 2.50 bits per heavy atom. The quantitative estimate of drug-likeness (QED) is 0.727. The number of anilines is 1. The van der Waals surface area contributed by atoms with Crippen molar-refractivity contribution in [2.24, 2.45) is 5.92 Å². The van der Waals surface area contributed by atoms with Gasteiger partial charge in [-0.2, -0.15) is 0 Å². The first kappa shape index (κ1) is 21.2. The van der Waals surface area contributed by atoms with E-state index in [9.17, 15) is 18.0 Å². The SMILES string of the molecule is O=C(CCNS(=O)(=O)c1ccc2c(c1)CCN2C(=O)C1CC1)N1CCc2ccccc2C1. The zero-order valence-corrected chi connectivity index (χ0v) is 18.7. The maximum absolute atomic E-state index is 12.8. The van der Waals surface area contributed by atoms with Crippen molar-refractivity contribution in [1.82, 2.24) is 9.62 Å². The molecule has 0 spiro atoms. The van der Waals surface area contributed by atoms with Crippen LogP contribution in [0.25, 0.3) is 0 Å². The van der Waals surface area contributed by atoms with Crippen molar-refractivity contribution in [3.05, 3.63) is 59.2 Å². The summed E-state index contributed by atoms with van der Waals surface area (Å²) in [4.78, 5) is 28.8. The second-order valence-corrected chi connectivity index (χ2v) is 10.6. The monoisotopic (exact) mass is 453 g/mol. The van der Waals surface area contributed by atoms with Gasteiger partial charge in [-0.1, -0.05) is 24.3 Å². The Balaban J connectivity index is 1.18. The van der Waals surface area contributed by atoms with E-state index in [1.54, 1.807) is 28.0 Å². The second-order valence-electron chi connectivity index (χ2n) is 8.79. The van der Waals surface area contributed by atoms with Gasteiger partial charge in [0.1, 0.15) is 0 Å². The van der Waals surface area contributed by atoms with Crippen molar-refractivity contribution in [3.8, 4) is 0 Å². The van der Waals surface area contributed by atoms with Crippen LogP contribution in [0.15, 0.2) is 47.4 Å². The molecular weight excluding hydrogens is 426 g/mol. The highest BCUT2D eigenvalue weighted by atomic mass is 32.2. The first-order chi connectivity index (χ1) is 15.4. The highest BCUT2D eigenvalue weighted by Crippen LogP contribution is 2.37. The molecule has 0 aromatic heterocycles. The van der Waals surface area contributed by atoms with E-state index >= 15 is 0 Å². The fourth-order valence-electron chi connectivity index (χ4n) is 4.57. The molecule has 3 aliphatic rings. The lowest BCUT2D eigenvalue weighted by molar-refractivity contribution is -0.132. The minimum Gasteiger partial charge on any atom is -0.338 e. The summed E-state index contributed by atoms with van der Waals surface area (Å²) in [7, 11) is -3.72. The number of rotatable bonds is 6. The minimum atomic E-state index is -3.72. The molecular formula is C24H27N3O4S. The third-order valence-corrected chi connectivity index (χ3v) is 8.02. The lowest BCUT2D eigenvalue weighted by Gasteiger charge is -2.29. The topological polar surface area (TPSA) is 86.8 Å². The van der Waals surface area contributed by atoms with Gasteiger partial charge in [-0.15, -0.1) is 0 Å². The van der Waals surface area contributed by atoms with E-state index in [0.29, 0.717) is 26.1 Å². The molecule has 1 aliphatic carbocycles. The van der Waals surface area contributed by atoms with E-state index in [-0.39, 0.29) is 35.6 Å². The van der Waals surface area contributed by atoms with Crippen molar-refractivity contribution >= 4 is 27.5 Å². The molecule has 0 radical (unpaired) electrons. The molecule has 168 valence electrons. The lowest BCUT2D eigenvalue weighted by atomic mass is 10.00. The molecule has 0 saturated heterocycles. The largest absolute Gasteiger partial charge is 0.338 e. The van der Waals surface area contributed by atoms with Crippen LogP contribution < -0.4 is 9.62 Å². The zero-order chi connectivity index (χ0) is 22.3. The first-order valence-corrected chi connectivity index (χ1v) is 12.7. The number of amides is 2. The van der Waals surface area contributed by atoms with Crippen molar-refractivity contribution in [2.45, 2.75) is 43.5 Å². The fraction of sp³-hybridized carbons (Fsp3) is 0.417. The summed E-state index contributed by atoms with van der Waals surface area (Å²) in [5.41, 5.74) is 4.12. The molecule has 2 aliphatic heterocycles. The molecule has 1 saturated carbocycles. The third kappa shape index (κ3) is 4.17. The number of hydrogen-bond acceptors (Lipinski definition) is 4. The molecule has 1 N–H and O–H groups in total. The number of carbonyl (C=O) groups excluding carboxylic acids is 2. The Kier molecular flexibility index (Phi) is 5.51. The average Bonchev–Trinajstić information content (AvgIpc) is 3.57. The first-order valence-electron chi connectivity index (χ1n) is 11.2. The second kappa shape index (κ2) is 8.33. The van der Waals surface area contributed by atoms with Gasteiger partial charge in [-0.05, 0) is 60.6 Å². The fourth-order valence-corrected chi connectivity index (χ4v) is 5.65. The molecule has 2 aromatic carbocycles. The highest BCUT2D eigenvalue weighted by Gasteiger charge is 2.36. The summed E-state index contributed by atoms with van der Waals surface area (Å²) in [5, 5.41) is 0. The summed E-state index contributed by atoms with van der Waals surface area (Å²) in [6.07, 6.45) is 3.50. The maximum atomic E-state index is 12.8. The van der Waals surface area contributed by atoms with Gasteiger partial charge in [0.25, 0.3) is 0 Å². The van der Waals surface area contributed by atoms with Crippen LogP contribution in [0.1, 0.15) is 36.0 Å². The van der Waals surface area contributed by atoms with Gasteiger partial charge in [-0.3, -0.25) is 9.59 Å². The smallest absolute Gasteiger partial charge is 0.240 e. The molecule has 8 heteroatoms. The van der Waals surface area contributed by atoms with Crippen LogP contribution in [0.4, 0.5) is 5.69 Å². The van der Waals surface area contributed by atoms with Crippen molar-refractivity contribution in [3.63, 3.8) is 0 Å². The number of hydrogen-bond donors (Lipinski definition) is 1. The van der Waals surface area contributed by atoms with Gasteiger partial charge in [0, 0.05) is 44.2 Å². The predicted molar refractivity (Wildman–Crippen MR) is 121 cm³/mol. The Labute approximate surface area is 188 Å². The van der Waals surface area contributed by atoms with E-state index in [1.165, 1.54) is 5.56 Å². The van der Waals surface area contributed by atoms with Crippen LogP contribution in [-0.4, -0.2) is 44.8 Å².